The van der Waals surface area contributed by atoms with Gasteiger partial charge in [-0.15, -0.1) is 0 Å². The van der Waals surface area contributed by atoms with Crippen LogP contribution in [0.5, 0.6) is 0 Å². The molecule has 0 radical (unpaired) electrons. The SMILES string of the molecule is Cc1ccc(C(=O)N2CCC3(CC2)CCN(CC2CC2)C3=O)o1. The quantitative estimate of drug-likeness (QED) is 0.861. The molecule has 0 unspecified atom stereocenters. The number of piperidine rings is 1. The second-order valence-corrected chi connectivity index (χ2v) is 7.43. The summed E-state index contributed by atoms with van der Waals surface area (Å²) in [6, 6.07) is 3.55. The van der Waals surface area contributed by atoms with E-state index in [1.54, 1.807) is 6.07 Å². The fourth-order valence-electron chi connectivity index (χ4n) is 3.99. The average Bonchev–Trinajstić information content (AvgIpc) is 3.21. The smallest absolute Gasteiger partial charge is 0.289 e. The van der Waals surface area contributed by atoms with Crippen molar-refractivity contribution < 1.29 is 14.0 Å². The van der Waals surface area contributed by atoms with Crippen LogP contribution in [0.4, 0.5) is 0 Å². The molecule has 1 aromatic rings. The fraction of sp³-hybridized carbons (Fsp3) is 0.667. The van der Waals surface area contributed by atoms with Gasteiger partial charge in [0.25, 0.3) is 5.91 Å². The number of carbonyl (C=O) groups excluding carboxylic acids is 2. The van der Waals surface area contributed by atoms with Gasteiger partial charge < -0.3 is 14.2 Å². The first-order valence-electron chi connectivity index (χ1n) is 8.72. The van der Waals surface area contributed by atoms with Crippen molar-refractivity contribution in [1.29, 1.82) is 0 Å². The number of amides is 2. The van der Waals surface area contributed by atoms with E-state index < -0.39 is 0 Å². The number of aryl methyl sites for hydroxylation is 1. The molecule has 124 valence electrons. The summed E-state index contributed by atoms with van der Waals surface area (Å²) in [5, 5.41) is 0. The third kappa shape index (κ3) is 2.66. The summed E-state index contributed by atoms with van der Waals surface area (Å²) in [6.07, 6.45) is 5.10. The van der Waals surface area contributed by atoms with Gasteiger partial charge in [0, 0.05) is 26.2 Å². The molecule has 1 aromatic heterocycles. The van der Waals surface area contributed by atoms with E-state index in [0.717, 1.165) is 44.0 Å². The summed E-state index contributed by atoms with van der Waals surface area (Å²) >= 11 is 0. The maximum atomic E-state index is 12.8. The van der Waals surface area contributed by atoms with Crippen LogP contribution in [0, 0.1) is 18.3 Å². The summed E-state index contributed by atoms with van der Waals surface area (Å²) < 4.78 is 5.44. The highest BCUT2D eigenvalue weighted by Gasteiger charge is 2.49. The van der Waals surface area contributed by atoms with Crippen molar-refractivity contribution in [2.24, 2.45) is 11.3 Å². The number of likely N-dealkylation sites (tertiary alicyclic amines) is 2. The Hall–Kier alpha value is -1.78. The van der Waals surface area contributed by atoms with E-state index in [-0.39, 0.29) is 11.3 Å². The number of carbonyl (C=O) groups is 2. The monoisotopic (exact) mass is 316 g/mol. The summed E-state index contributed by atoms with van der Waals surface area (Å²) in [4.78, 5) is 29.2. The van der Waals surface area contributed by atoms with Crippen molar-refractivity contribution in [1.82, 2.24) is 9.80 Å². The normalized spacial score (nSPS) is 23.8. The van der Waals surface area contributed by atoms with E-state index >= 15 is 0 Å². The largest absolute Gasteiger partial charge is 0.456 e. The van der Waals surface area contributed by atoms with Crippen LogP contribution in [-0.2, 0) is 4.79 Å². The van der Waals surface area contributed by atoms with Gasteiger partial charge in [0.05, 0.1) is 5.41 Å². The molecule has 3 heterocycles. The molecule has 1 saturated carbocycles. The van der Waals surface area contributed by atoms with Gasteiger partial charge in [-0.1, -0.05) is 0 Å². The molecule has 2 aliphatic heterocycles. The molecule has 0 aromatic carbocycles. The van der Waals surface area contributed by atoms with Gasteiger partial charge >= 0.3 is 0 Å². The van der Waals surface area contributed by atoms with Crippen LogP contribution in [0.3, 0.4) is 0 Å². The van der Waals surface area contributed by atoms with Crippen LogP contribution in [0.25, 0.3) is 0 Å². The molecular weight excluding hydrogens is 292 g/mol. The van der Waals surface area contributed by atoms with Gasteiger partial charge in [-0.3, -0.25) is 9.59 Å². The lowest BCUT2D eigenvalue weighted by Gasteiger charge is -2.37. The predicted octanol–water partition coefficient (Wildman–Crippen LogP) is 2.45. The van der Waals surface area contributed by atoms with E-state index in [0.29, 0.717) is 24.8 Å². The zero-order valence-corrected chi connectivity index (χ0v) is 13.7. The average molecular weight is 316 g/mol. The number of nitrogens with zero attached hydrogens (tertiary/aromatic N) is 2. The van der Waals surface area contributed by atoms with Gasteiger partial charge in [-0.05, 0) is 57.1 Å². The van der Waals surface area contributed by atoms with E-state index in [1.165, 1.54) is 12.8 Å². The molecular formula is C18H24N2O3. The molecule has 3 aliphatic rings. The molecule has 0 atom stereocenters. The Bertz CT molecular complexity index is 624. The summed E-state index contributed by atoms with van der Waals surface area (Å²) in [6.45, 7) is 5.01. The first kappa shape index (κ1) is 14.8. The number of furan rings is 1. The first-order chi connectivity index (χ1) is 11.1. The molecule has 4 rings (SSSR count). The third-order valence-electron chi connectivity index (χ3n) is 5.74. The second kappa shape index (κ2) is 5.39. The lowest BCUT2D eigenvalue weighted by molar-refractivity contribution is -0.138. The van der Waals surface area contributed by atoms with Crippen molar-refractivity contribution in [3.8, 4) is 0 Å². The van der Waals surface area contributed by atoms with Crippen molar-refractivity contribution in [3.63, 3.8) is 0 Å². The van der Waals surface area contributed by atoms with Gasteiger partial charge in [0.2, 0.25) is 5.91 Å². The maximum absolute atomic E-state index is 12.8. The zero-order chi connectivity index (χ0) is 16.0. The van der Waals surface area contributed by atoms with Crippen molar-refractivity contribution in [2.75, 3.05) is 26.2 Å². The Morgan fingerprint density at radius 2 is 1.91 bits per heavy atom. The summed E-state index contributed by atoms with van der Waals surface area (Å²) in [5.74, 6) is 2.20. The minimum absolute atomic E-state index is 0.0479. The third-order valence-corrected chi connectivity index (χ3v) is 5.74. The molecule has 2 amide bonds. The number of rotatable bonds is 3. The minimum atomic E-state index is -0.204. The maximum Gasteiger partial charge on any atom is 0.289 e. The Labute approximate surface area is 136 Å². The molecule has 0 N–H and O–H groups in total. The molecule has 0 bridgehead atoms. The van der Waals surface area contributed by atoms with Crippen molar-refractivity contribution in [2.45, 2.75) is 39.0 Å². The Morgan fingerprint density at radius 1 is 1.22 bits per heavy atom. The van der Waals surface area contributed by atoms with E-state index in [2.05, 4.69) is 4.90 Å². The first-order valence-corrected chi connectivity index (χ1v) is 8.72. The Kier molecular flexibility index (Phi) is 3.47. The Morgan fingerprint density at radius 3 is 2.52 bits per heavy atom. The van der Waals surface area contributed by atoms with Gasteiger partial charge in [-0.2, -0.15) is 0 Å². The highest BCUT2D eigenvalue weighted by atomic mass is 16.3. The van der Waals surface area contributed by atoms with Crippen LogP contribution in [0.1, 0.15) is 48.4 Å². The lowest BCUT2D eigenvalue weighted by Crippen LogP contribution is -2.46. The van der Waals surface area contributed by atoms with Gasteiger partial charge in [0.15, 0.2) is 5.76 Å². The number of hydrogen-bond donors (Lipinski definition) is 0. The summed E-state index contributed by atoms with van der Waals surface area (Å²) in [7, 11) is 0. The molecule has 1 spiro atoms. The fourth-order valence-corrected chi connectivity index (χ4v) is 3.99. The Balaban J connectivity index is 1.38. The standard InChI is InChI=1S/C18H24N2O3/c1-13-2-5-15(23-13)16(21)19-9-6-18(7-10-19)8-11-20(17(18)22)12-14-3-4-14/h2,5,14H,3-4,6-12H2,1H3. The van der Waals surface area contributed by atoms with E-state index in [4.69, 9.17) is 4.42 Å². The highest BCUT2D eigenvalue weighted by molar-refractivity contribution is 5.92. The van der Waals surface area contributed by atoms with Crippen molar-refractivity contribution >= 4 is 11.8 Å². The minimum Gasteiger partial charge on any atom is -0.456 e. The van der Waals surface area contributed by atoms with Gasteiger partial charge in [-0.25, -0.2) is 0 Å². The van der Waals surface area contributed by atoms with Gasteiger partial charge in [0.1, 0.15) is 5.76 Å². The van der Waals surface area contributed by atoms with Crippen LogP contribution < -0.4 is 0 Å². The van der Waals surface area contributed by atoms with Crippen LogP contribution >= 0.6 is 0 Å². The van der Waals surface area contributed by atoms with E-state index in [1.807, 2.05) is 17.9 Å². The van der Waals surface area contributed by atoms with Crippen molar-refractivity contribution in [3.05, 3.63) is 23.7 Å². The molecule has 23 heavy (non-hydrogen) atoms. The highest BCUT2D eigenvalue weighted by Crippen LogP contribution is 2.43. The predicted molar refractivity (Wildman–Crippen MR) is 84.9 cm³/mol. The van der Waals surface area contributed by atoms with Crippen LogP contribution in [0.15, 0.2) is 16.5 Å². The molecule has 2 saturated heterocycles. The zero-order valence-electron chi connectivity index (χ0n) is 13.7. The van der Waals surface area contributed by atoms with Crippen LogP contribution in [-0.4, -0.2) is 47.8 Å². The molecule has 3 fully saturated rings. The lowest BCUT2D eigenvalue weighted by atomic mass is 9.77. The molecule has 5 heteroatoms. The summed E-state index contributed by atoms with van der Waals surface area (Å²) in [5.41, 5.74) is -0.204. The number of hydrogen-bond acceptors (Lipinski definition) is 3. The van der Waals surface area contributed by atoms with E-state index in [9.17, 15) is 9.59 Å². The van der Waals surface area contributed by atoms with Crippen LogP contribution in [0.2, 0.25) is 0 Å². The topological polar surface area (TPSA) is 53.8 Å². The molecule has 1 aliphatic carbocycles. The molecule has 5 nitrogen and oxygen atoms in total. The second-order valence-electron chi connectivity index (χ2n) is 7.43.